The molecule has 2 aromatic rings. The van der Waals surface area contributed by atoms with Crippen LogP contribution in [0.3, 0.4) is 0 Å². The van der Waals surface area contributed by atoms with E-state index in [1.54, 1.807) is 4.57 Å². The Morgan fingerprint density at radius 2 is 2.06 bits per heavy atom. The number of aryl methyl sites for hydroxylation is 1. The third kappa shape index (κ3) is 2.22. The van der Waals surface area contributed by atoms with Crippen molar-refractivity contribution < 1.29 is 0 Å². The first-order valence-electron chi connectivity index (χ1n) is 5.53. The maximum Gasteiger partial charge on any atom is 0.326 e. The lowest BCUT2D eigenvalue weighted by atomic mass is 10.1. The van der Waals surface area contributed by atoms with Crippen molar-refractivity contribution in [2.24, 2.45) is 0 Å². The van der Waals surface area contributed by atoms with Gasteiger partial charge in [-0.1, -0.05) is 36.5 Å². The summed E-state index contributed by atoms with van der Waals surface area (Å²) in [6.45, 7) is 4.59. The topological polar surface area (TPSA) is 37.8 Å². The summed E-state index contributed by atoms with van der Waals surface area (Å²) in [7, 11) is 0. The van der Waals surface area contributed by atoms with Crippen LogP contribution < -0.4 is 5.69 Å². The van der Waals surface area contributed by atoms with Crippen LogP contribution in [0.1, 0.15) is 12.5 Å². The highest BCUT2D eigenvalue weighted by Gasteiger charge is 2.07. The van der Waals surface area contributed by atoms with Crippen LogP contribution in [0.4, 0.5) is 0 Å². The molecule has 0 spiro atoms. The van der Waals surface area contributed by atoms with Gasteiger partial charge in [0, 0.05) is 12.1 Å². The molecular formula is C13H14N2OS. The lowest BCUT2D eigenvalue weighted by molar-refractivity contribution is 0.705. The van der Waals surface area contributed by atoms with Crippen LogP contribution in [0.2, 0.25) is 0 Å². The quantitative estimate of drug-likeness (QED) is 0.827. The Morgan fingerprint density at radius 3 is 2.71 bits per heavy atom. The third-order valence-corrected chi connectivity index (χ3v) is 2.99. The zero-order valence-corrected chi connectivity index (χ0v) is 10.7. The number of rotatable bonds is 2. The number of nitrogens with one attached hydrogen (secondary N) is 1. The highest BCUT2D eigenvalue weighted by atomic mass is 32.1. The van der Waals surface area contributed by atoms with Gasteiger partial charge in [0.1, 0.15) is 4.64 Å². The lowest BCUT2D eigenvalue weighted by Gasteiger charge is -2.12. The molecule has 0 bridgehead atoms. The molecule has 0 unspecified atom stereocenters. The summed E-state index contributed by atoms with van der Waals surface area (Å²) in [5.41, 5.74) is 2.90. The zero-order chi connectivity index (χ0) is 12.4. The summed E-state index contributed by atoms with van der Waals surface area (Å²) >= 11 is 5.07. The van der Waals surface area contributed by atoms with E-state index in [9.17, 15) is 4.79 Å². The number of aromatic amines is 1. The van der Waals surface area contributed by atoms with Gasteiger partial charge in [0.25, 0.3) is 0 Å². The van der Waals surface area contributed by atoms with Crippen LogP contribution in [0.15, 0.2) is 35.1 Å². The van der Waals surface area contributed by atoms with Crippen molar-refractivity contribution in [3.63, 3.8) is 0 Å². The Hall–Kier alpha value is -1.68. The first-order valence-corrected chi connectivity index (χ1v) is 5.94. The average Bonchev–Trinajstić information content (AvgIpc) is 2.28. The summed E-state index contributed by atoms with van der Waals surface area (Å²) in [5, 5.41) is 0. The van der Waals surface area contributed by atoms with Crippen molar-refractivity contribution in [3.8, 4) is 11.3 Å². The summed E-state index contributed by atoms with van der Waals surface area (Å²) in [4.78, 5) is 14.5. The Bertz CT molecular complexity index is 655. The van der Waals surface area contributed by atoms with E-state index in [0.717, 1.165) is 16.8 Å². The van der Waals surface area contributed by atoms with E-state index >= 15 is 0 Å². The van der Waals surface area contributed by atoms with Crippen molar-refractivity contribution in [2.45, 2.75) is 20.4 Å². The predicted molar refractivity (Wildman–Crippen MR) is 71.7 cm³/mol. The molecule has 1 N–H and O–H groups in total. The van der Waals surface area contributed by atoms with Gasteiger partial charge in [-0.15, -0.1) is 0 Å². The van der Waals surface area contributed by atoms with Crippen molar-refractivity contribution in [2.75, 3.05) is 0 Å². The number of aromatic nitrogens is 2. The fourth-order valence-corrected chi connectivity index (χ4v) is 2.12. The largest absolute Gasteiger partial charge is 0.326 e. The molecule has 4 heteroatoms. The Labute approximate surface area is 105 Å². The van der Waals surface area contributed by atoms with E-state index in [0.29, 0.717) is 11.2 Å². The number of nitrogens with zero attached hydrogens (tertiary/aromatic N) is 1. The number of H-pyrrole nitrogens is 1. The molecule has 0 aliphatic heterocycles. The molecule has 1 aromatic carbocycles. The standard InChI is InChI=1S/C13H14N2OS/c1-3-15-11(8-12(17)14-13(15)16)10-7-5-4-6-9(10)2/h4-8H,3H2,1-2H3,(H,14,16,17). The van der Waals surface area contributed by atoms with Gasteiger partial charge in [-0.05, 0) is 25.5 Å². The van der Waals surface area contributed by atoms with E-state index in [-0.39, 0.29) is 5.69 Å². The van der Waals surface area contributed by atoms with Gasteiger partial charge >= 0.3 is 5.69 Å². The first-order chi connectivity index (χ1) is 8.13. The molecule has 1 heterocycles. The van der Waals surface area contributed by atoms with E-state index in [2.05, 4.69) is 4.98 Å². The molecular weight excluding hydrogens is 232 g/mol. The Balaban J connectivity index is 2.80. The molecule has 2 rings (SSSR count). The molecule has 3 nitrogen and oxygen atoms in total. The van der Waals surface area contributed by atoms with Gasteiger partial charge in [0.15, 0.2) is 0 Å². The van der Waals surface area contributed by atoms with Crippen molar-refractivity contribution in [3.05, 3.63) is 51.0 Å². The molecule has 0 fully saturated rings. The second-order valence-electron chi connectivity index (χ2n) is 3.88. The molecule has 88 valence electrons. The summed E-state index contributed by atoms with van der Waals surface area (Å²) in [6.07, 6.45) is 0. The van der Waals surface area contributed by atoms with Crippen molar-refractivity contribution >= 4 is 12.2 Å². The summed E-state index contributed by atoms with van der Waals surface area (Å²) in [5.74, 6) is 0. The van der Waals surface area contributed by atoms with Gasteiger partial charge in [-0.2, -0.15) is 0 Å². The van der Waals surface area contributed by atoms with Crippen molar-refractivity contribution in [1.29, 1.82) is 0 Å². The van der Waals surface area contributed by atoms with E-state index in [4.69, 9.17) is 12.2 Å². The maximum atomic E-state index is 11.8. The first kappa shape index (κ1) is 11.8. The molecule has 17 heavy (non-hydrogen) atoms. The lowest BCUT2D eigenvalue weighted by Crippen LogP contribution is -2.23. The van der Waals surface area contributed by atoms with E-state index < -0.39 is 0 Å². The molecule has 0 radical (unpaired) electrons. The molecule has 0 amide bonds. The molecule has 1 aromatic heterocycles. The van der Waals surface area contributed by atoms with Crippen LogP contribution >= 0.6 is 12.2 Å². The van der Waals surface area contributed by atoms with Gasteiger partial charge < -0.3 is 0 Å². The Morgan fingerprint density at radius 1 is 1.35 bits per heavy atom. The van der Waals surface area contributed by atoms with Gasteiger partial charge in [0.2, 0.25) is 0 Å². The monoisotopic (exact) mass is 246 g/mol. The average molecular weight is 246 g/mol. The van der Waals surface area contributed by atoms with Crippen LogP contribution in [0, 0.1) is 11.6 Å². The van der Waals surface area contributed by atoms with Crippen LogP contribution in [-0.4, -0.2) is 9.55 Å². The summed E-state index contributed by atoms with van der Waals surface area (Å²) < 4.78 is 2.16. The zero-order valence-electron chi connectivity index (χ0n) is 9.86. The van der Waals surface area contributed by atoms with E-state index in [1.165, 1.54) is 0 Å². The molecule has 0 saturated heterocycles. The second-order valence-corrected chi connectivity index (χ2v) is 4.32. The third-order valence-electron chi connectivity index (χ3n) is 2.77. The predicted octanol–water partition coefficient (Wildman–Crippen LogP) is 2.90. The highest BCUT2D eigenvalue weighted by Crippen LogP contribution is 2.21. The van der Waals surface area contributed by atoms with E-state index in [1.807, 2.05) is 44.2 Å². The highest BCUT2D eigenvalue weighted by molar-refractivity contribution is 7.71. The molecule has 0 aliphatic rings. The van der Waals surface area contributed by atoms with Crippen molar-refractivity contribution in [1.82, 2.24) is 9.55 Å². The van der Waals surface area contributed by atoms with Crippen LogP contribution in [0.25, 0.3) is 11.3 Å². The van der Waals surface area contributed by atoms with Gasteiger partial charge in [0.05, 0.1) is 5.69 Å². The number of benzene rings is 1. The number of hydrogen-bond donors (Lipinski definition) is 1. The summed E-state index contributed by atoms with van der Waals surface area (Å²) in [6, 6.07) is 9.82. The normalized spacial score (nSPS) is 10.5. The van der Waals surface area contributed by atoms with Gasteiger partial charge in [-0.3, -0.25) is 9.55 Å². The molecule has 0 saturated carbocycles. The number of hydrogen-bond acceptors (Lipinski definition) is 2. The van der Waals surface area contributed by atoms with Crippen LogP contribution in [0.5, 0.6) is 0 Å². The van der Waals surface area contributed by atoms with Crippen LogP contribution in [-0.2, 0) is 6.54 Å². The molecule has 0 aliphatic carbocycles. The molecule has 0 atom stereocenters. The second kappa shape index (κ2) is 4.67. The minimum atomic E-state index is -0.154. The minimum Gasteiger partial charge on any atom is -0.298 e. The fourth-order valence-electron chi connectivity index (χ4n) is 1.92. The minimum absolute atomic E-state index is 0.154. The van der Waals surface area contributed by atoms with Gasteiger partial charge in [-0.25, -0.2) is 4.79 Å². The Kier molecular flexibility index (Phi) is 3.24. The fraction of sp³-hybridized carbons (Fsp3) is 0.231. The maximum absolute atomic E-state index is 11.8. The smallest absolute Gasteiger partial charge is 0.298 e. The SMILES string of the molecule is CCn1c(-c2ccccc2C)cc(=S)[nH]c1=O.